The van der Waals surface area contributed by atoms with Crippen LogP contribution in [0, 0.1) is 0 Å². The summed E-state index contributed by atoms with van der Waals surface area (Å²) in [6, 6.07) is 68.0. The van der Waals surface area contributed by atoms with Gasteiger partial charge in [-0.15, -0.1) is 0 Å². The summed E-state index contributed by atoms with van der Waals surface area (Å²) in [4.78, 5) is 19.9. The second-order valence-electron chi connectivity index (χ2n) is 14.8. The van der Waals surface area contributed by atoms with Gasteiger partial charge in [0.2, 0.25) is 5.95 Å². The molecule has 7 heteroatoms. The van der Waals surface area contributed by atoms with E-state index in [1.165, 1.54) is 43.7 Å². The Hall–Kier alpha value is -8.16. The summed E-state index contributed by atoms with van der Waals surface area (Å²) < 4.78 is 6.66. The number of fused-ring (bicyclic) bond motifs is 7. The third-order valence-corrected chi connectivity index (χ3v) is 11.4. The molecule has 0 radical (unpaired) electrons. The highest BCUT2D eigenvalue weighted by molar-refractivity contribution is 6.13. The van der Waals surface area contributed by atoms with E-state index in [2.05, 4.69) is 143 Å². The summed E-state index contributed by atoms with van der Waals surface area (Å²) in [5.41, 5.74) is 12.7. The van der Waals surface area contributed by atoms with Crippen LogP contribution in [0.2, 0.25) is 0 Å². The molecular weight excluding hydrogens is 723 g/mol. The lowest BCUT2D eigenvalue weighted by Gasteiger charge is -2.11. The van der Waals surface area contributed by atoms with Crippen molar-refractivity contribution in [3.8, 4) is 51.2 Å². The second kappa shape index (κ2) is 13.2. The fraction of sp³-hybridized carbons (Fsp3) is 0. The van der Waals surface area contributed by atoms with Crippen molar-refractivity contribution in [1.82, 2.24) is 33.6 Å². The first-order chi connectivity index (χ1) is 29.3. The van der Waals surface area contributed by atoms with Crippen molar-refractivity contribution in [3.05, 3.63) is 200 Å². The maximum Gasteiger partial charge on any atom is 0.239 e. The Morgan fingerprint density at radius 3 is 1.44 bits per heavy atom. The number of para-hydroxylation sites is 4. The molecule has 0 saturated carbocycles. The molecule has 7 nitrogen and oxygen atoms in total. The first kappa shape index (κ1) is 33.0. The molecule has 0 unspecified atom stereocenters. The van der Waals surface area contributed by atoms with Gasteiger partial charge in [-0.2, -0.15) is 9.97 Å². The van der Waals surface area contributed by atoms with Crippen molar-refractivity contribution < 1.29 is 0 Å². The lowest BCUT2D eigenvalue weighted by Crippen LogP contribution is -2.05. The smallest absolute Gasteiger partial charge is 0.239 e. The minimum Gasteiger partial charge on any atom is -0.309 e. The van der Waals surface area contributed by atoms with Gasteiger partial charge in [0.15, 0.2) is 11.6 Å². The van der Waals surface area contributed by atoms with Crippen molar-refractivity contribution in [1.29, 1.82) is 0 Å². The summed E-state index contributed by atoms with van der Waals surface area (Å²) in [6.07, 6.45) is 1.82. The largest absolute Gasteiger partial charge is 0.309 e. The highest BCUT2D eigenvalue weighted by Gasteiger charge is 2.20. The molecule has 4 aromatic heterocycles. The number of hydrogen-bond donors (Lipinski definition) is 0. The summed E-state index contributed by atoms with van der Waals surface area (Å²) in [7, 11) is 0. The van der Waals surface area contributed by atoms with Crippen molar-refractivity contribution in [2.24, 2.45) is 0 Å². The highest BCUT2D eigenvalue weighted by Crippen LogP contribution is 2.39. The summed E-state index contributed by atoms with van der Waals surface area (Å²) >= 11 is 0. The quantitative estimate of drug-likeness (QED) is 0.169. The van der Waals surface area contributed by atoms with Gasteiger partial charge in [-0.3, -0.25) is 4.57 Å². The molecule has 276 valence electrons. The number of benzene rings is 8. The van der Waals surface area contributed by atoms with Crippen LogP contribution in [0.25, 0.3) is 106 Å². The molecule has 0 spiro atoms. The minimum atomic E-state index is 0.507. The van der Waals surface area contributed by atoms with Gasteiger partial charge in [0, 0.05) is 38.4 Å². The molecule has 12 aromatic rings. The maximum atomic E-state index is 5.05. The monoisotopic (exact) mass is 755 g/mol. The fourth-order valence-electron chi connectivity index (χ4n) is 8.69. The van der Waals surface area contributed by atoms with Crippen molar-refractivity contribution >= 4 is 54.6 Å². The Kier molecular flexibility index (Phi) is 7.40. The number of imidazole rings is 1. The van der Waals surface area contributed by atoms with Crippen LogP contribution in [0.3, 0.4) is 0 Å². The highest BCUT2D eigenvalue weighted by atomic mass is 15.2. The normalized spacial score (nSPS) is 11.7. The van der Waals surface area contributed by atoms with Crippen LogP contribution in [0.15, 0.2) is 200 Å². The molecule has 0 fully saturated rings. The minimum absolute atomic E-state index is 0.507. The van der Waals surface area contributed by atoms with E-state index >= 15 is 0 Å². The maximum absolute atomic E-state index is 5.05. The zero-order valence-electron chi connectivity index (χ0n) is 31.7. The van der Waals surface area contributed by atoms with Crippen molar-refractivity contribution in [3.63, 3.8) is 0 Å². The van der Waals surface area contributed by atoms with E-state index in [9.17, 15) is 0 Å². The van der Waals surface area contributed by atoms with Crippen LogP contribution in [0.5, 0.6) is 0 Å². The second-order valence-corrected chi connectivity index (χ2v) is 14.8. The standard InChI is InChI=1S/C52H33N7/c1-4-15-34(16-5-1)50-54-51(35-17-6-2-7-18-35)56-52(55-50)57-33-53-49-47(57)25-14-26-48(49)59-44-24-13-11-22-40(44)42-32-37(28-30-46(42)59)36-27-29-45-41(31-36)39-21-10-12-23-43(39)58(45)38-19-8-3-9-20-38/h1-33H. The molecule has 0 saturated heterocycles. The lowest BCUT2D eigenvalue weighted by molar-refractivity contribution is 0.923. The van der Waals surface area contributed by atoms with E-state index in [1.54, 1.807) is 0 Å². The Labute approximate surface area is 338 Å². The van der Waals surface area contributed by atoms with E-state index in [0.29, 0.717) is 17.6 Å². The summed E-state index contributed by atoms with van der Waals surface area (Å²) in [5.74, 6) is 1.71. The molecule has 4 heterocycles. The Balaban J connectivity index is 1.01. The van der Waals surface area contributed by atoms with E-state index in [0.717, 1.165) is 44.6 Å². The first-order valence-electron chi connectivity index (χ1n) is 19.7. The zero-order valence-corrected chi connectivity index (χ0v) is 31.7. The van der Waals surface area contributed by atoms with Gasteiger partial charge in [0.05, 0.1) is 33.3 Å². The molecule has 0 bridgehead atoms. The average Bonchev–Trinajstić information content (AvgIpc) is 4.00. The van der Waals surface area contributed by atoms with E-state index < -0.39 is 0 Å². The number of hydrogen-bond acceptors (Lipinski definition) is 4. The van der Waals surface area contributed by atoms with Gasteiger partial charge in [-0.25, -0.2) is 9.97 Å². The Bertz CT molecular complexity index is 3490. The van der Waals surface area contributed by atoms with E-state index in [-0.39, 0.29) is 0 Å². The fourth-order valence-corrected chi connectivity index (χ4v) is 8.69. The molecule has 0 atom stereocenters. The topological polar surface area (TPSA) is 66.3 Å². The molecule has 0 N–H and O–H groups in total. The van der Waals surface area contributed by atoms with E-state index in [1.807, 2.05) is 71.6 Å². The third-order valence-electron chi connectivity index (χ3n) is 11.4. The average molecular weight is 756 g/mol. The van der Waals surface area contributed by atoms with E-state index in [4.69, 9.17) is 19.9 Å². The van der Waals surface area contributed by atoms with Crippen LogP contribution in [-0.4, -0.2) is 33.6 Å². The van der Waals surface area contributed by atoms with Gasteiger partial charge in [0.1, 0.15) is 11.8 Å². The number of rotatable bonds is 6. The molecule has 0 aliphatic heterocycles. The van der Waals surface area contributed by atoms with Crippen molar-refractivity contribution in [2.45, 2.75) is 0 Å². The van der Waals surface area contributed by atoms with Gasteiger partial charge in [0.25, 0.3) is 0 Å². The van der Waals surface area contributed by atoms with Crippen LogP contribution in [0.1, 0.15) is 0 Å². The molecule has 0 aliphatic rings. The lowest BCUT2D eigenvalue weighted by atomic mass is 10.0. The van der Waals surface area contributed by atoms with Gasteiger partial charge in [-0.05, 0) is 71.8 Å². The Morgan fingerprint density at radius 1 is 0.339 bits per heavy atom. The summed E-state index contributed by atoms with van der Waals surface area (Å²) in [6.45, 7) is 0. The van der Waals surface area contributed by atoms with Crippen LogP contribution in [0.4, 0.5) is 0 Å². The van der Waals surface area contributed by atoms with Gasteiger partial charge < -0.3 is 9.13 Å². The predicted molar refractivity (Wildman–Crippen MR) is 239 cm³/mol. The molecule has 0 amide bonds. The van der Waals surface area contributed by atoms with Crippen LogP contribution >= 0.6 is 0 Å². The molecule has 0 aliphatic carbocycles. The van der Waals surface area contributed by atoms with Crippen molar-refractivity contribution in [2.75, 3.05) is 0 Å². The first-order valence-corrected chi connectivity index (χ1v) is 19.7. The molecule has 12 rings (SSSR count). The van der Waals surface area contributed by atoms with Gasteiger partial charge in [-0.1, -0.05) is 133 Å². The molecular formula is C52H33N7. The zero-order chi connectivity index (χ0) is 38.9. The summed E-state index contributed by atoms with van der Waals surface area (Å²) in [5, 5.41) is 4.83. The number of nitrogens with zero attached hydrogens (tertiary/aromatic N) is 7. The molecule has 8 aromatic carbocycles. The molecule has 59 heavy (non-hydrogen) atoms. The van der Waals surface area contributed by atoms with Crippen LogP contribution in [-0.2, 0) is 0 Å². The third kappa shape index (κ3) is 5.29. The Morgan fingerprint density at radius 2 is 0.831 bits per heavy atom. The SMILES string of the molecule is c1ccc(-c2nc(-c3ccccc3)nc(-n3cnc4c(-n5c6ccccc6c6cc(-c7ccc8c(c7)c7ccccc7n8-c7ccccc7)ccc65)cccc43)n2)cc1. The van der Waals surface area contributed by atoms with Gasteiger partial charge >= 0.3 is 0 Å². The predicted octanol–water partition coefficient (Wildman–Crippen LogP) is 12.4. The van der Waals surface area contributed by atoms with Crippen LogP contribution < -0.4 is 0 Å². The number of aromatic nitrogens is 7.